The zero-order valence-electron chi connectivity index (χ0n) is 16.8. The van der Waals surface area contributed by atoms with Crippen LogP contribution in [-0.4, -0.2) is 33.2 Å². The number of hydrogen-bond acceptors (Lipinski definition) is 4. The van der Waals surface area contributed by atoms with Gasteiger partial charge < -0.3 is 5.32 Å². The molecule has 0 fully saturated rings. The smallest absolute Gasteiger partial charge is 0.264 e. The second-order valence-corrected chi connectivity index (χ2v) is 10.9. The number of rotatable bonds is 10. The van der Waals surface area contributed by atoms with Crippen molar-refractivity contribution in [3.05, 3.63) is 88.5 Å². The van der Waals surface area contributed by atoms with Crippen LogP contribution in [0.1, 0.15) is 6.42 Å². The molecule has 1 amide bonds. The van der Waals surface area contributed by atoms with Gasteiger partial charge in [-0.1, -0.05) is 36.4 Å². The quantitative estimate of drug-likeness (QED) is 0.218. The van der Waals surface area contributed by atoms with Crippen LogP contribution in [0.3, 0.4) is 0 Å². The molecule has 0 radical (unpaired) electrons. The number of carbonyl (C=O) groups excluding carboxylic acids is 1. The van der Waals surface area contributed by atoms with Crippen molar-refractivity contribution < 1.29 is 13.2 Å². The van der Waals surface area contributed by atoms with Crippen molar-refractivity contribution in [2.24, 2.45) is 0 Å². The highest BCUT2D eigenvalue weighted by Crippen LogP contribution is 2.24. The summed E-state index contributed by atoms with van der Waals surface area (Å²) < 4.78 is 28.6. The number of anilines is 1. The first-order chi connectivity index (χ1) is 15.0. The molecule has 0 aromatic heterocycles. The van der Waals surface area contributed by atoms with Crippen LogP contribution in [0.25, 0.3) is 0 Å². The average Bonchev–Trinajstić information content (AvgIpc) is 2.79. The van der Waals surface area contributed by atoms with Gasteiger partial charge in [0.1, 0.15) is 6.54 Å². The Kier molecular flexibility index (Phi) is 8.79. The minimum absolute atomic E-state index is 0.153. The summed E-state index contributed by atoms with van der Waals surface area (Å²) in [5.74, 6) is 0.538. The van der Waals surface area contributed by atoms with Crippen molar-refractivity contribution in [2.75, 3.05) is 23.1 Å². The predicted molar refractivity (Wildman–Crippen MR) is 135 cm³/mol. The highest BCUT2D eigenvalue weighted by Gasteiger charge is 2.26. The van der Waals surface area contributed by atoms with Gasteiger partial charge in [-0.15, -0.1) is 11.8 Å². The van der Waals surface area contributed by atoms with Crippen molar-refractivity contribution in [3.8, 4) is 0 Å². The molecule has 8 heteroatoms. The molecular formula is C23H23IN2O3S2. The number of hydrogen-bond donors (Lipinski definition) is 1. The number of nitrogens with one attached hydrogen (secondary N) is 1. The summed E-state index contributed by atoms with van der Waals surface area (Å²) in [6.07, 6.45) is 0.792. The van der Waals surface area contributed by atoms with Crippen LogP contribution in [0.5, 0.6) is 0 Å². The summed E-state index contributed by atoms with van der Waals surface area (Å²) in [6.45, 7) is 0.216. The van der Waals surface area contributed by atoms with Gasteiger partial charge in [0.2, 0.25) is 5.91 Å². The largest absolute Gasteiger partial charge is 0.354 e. The Balaban J connectivity index is 1.63. The minimum Gasteiger partial charge on any atom is -0.354 e. The van der Waals surface area contributed by atoms with Crippen molar-refractivity contribution in [1.82, 2.24) is 5.32 Å². The van der Waals surface area contributed by atoms with E-state index in [1.54, 1.807) is 42.1 Å². The van der Waals surface area contributed by atoms with Crippen LogP contribution in [0, 0.1) is 3.57 Å². The highest BCUT2D eigenvalue weighted by atomic mass is 127. The van der Waals surface area contributed by atoms with Gasteiger partial charge in [0.15, 0.2) is 0 Å². The maximum absolute atomic E-state index is 13.2. The molecule has 0 heterocycles. The van der Waals surface area contributed by atoms with Gasteiger partial charge in [-0.2, -0.15) is 0 Å². The third-order valence-corrected chi connectivity index (χ3v) is 7.99. The second-order valence-electron chi connectivity index (χ2n) is 6.67. The number of nitrogens with zero attached hydrogens (tertiary/aromatic N) is 1. The SMILES string of the molecule is O=C(CN(c1ccc(I)cc1)S(=O)(=O)c1ccccc1)NCCCSc1ccccc1. The van der Waals surface area contributed by atoms with Crippen LogP contribution in [0.4, 0.5) is 5.69 Å². The maximum Gasteiger partial charge on any atom is 0.264 e. The lowest BCUT2D eigenvalue weighted by molar-refractivity contribution is -0.119. The van der Waals surface area contributed by atoms with E-state index in [1.165, 1.54) is 17.0 Å². The molecule has 0 aliphatic heterocycles. The standard InChI is InChI=1S/C23H23IN2O3S2/c24-19-12-14-20(15-13-19)26(31(28,29)22-10-5-2-6-11-22)18-23(27)25-16-7-17-30-21-8-3-1-4-9-21/h1-6,8-15H,7,16-18H2,(H,25,27). The lowest BCUT2D eigenvalue weighted by atomic mass is 10.3. The van der Waals surface area contributed by atoms with E-state index in [1.807, 2.05) is 30.3 Å². The molecule has 0 unspecified atom stereocenters. The Morgan fingerprint density at radius 2 is 1.52 bits per heavy atom. The zero-order chi connectivity index (χ0) is 22.1. The monoisotopic (exact) mass is 566 g/mol. The van der Waals surface area contributed by atoms with Crippen LogP contribution in [0.15, 0.2) is 94.7 Å². The molecule has 5 nitrogen and oxygen atoms in total. The molecule has 0 aliphatic carbocycles. The van der Waals surface area contributed by atoms with Gasteiger partial charge in [-0.05, 0) is 83.3 Å². The molecule has 0 bridgehead atoms. The number of carbonyl (C=O) groups is 1. The summed E-state index contributed by atoms with van der Waals surface area (Å²) in [5, 5.41) is 2.84. The normalized spacial score (nSPS) is 11.1. The number of amides is 1. The Bertz CT molecular complexity index is 1080. The molecule has 0 spiro atoms. The Hall–Kier alpha value is -2.04. The first kappa shape index (κ1) is 23.6. The van der Waals surface area contributed by atoms with Gasteiger partial charge >= 0.3 is 0 Å². The fourth-order valence-electron chi connectivity index (χ4n) is 2.84. The van der Waals surface area contributed by atoms with E-state index < -0.39 is 10.0 Å². The summed E-state index contributed by atoms with van der Waals surface area (Å²) in [7, 11) is -3.87. The molecule has 3 aromatic rings. The van der Waals surface area contributed by atoms with Gasteiger partial charge in [0, 0.05) is 15.0 Å². The van der Waals surface area contributed by atoms with E-state index in [0.717, 1.165) is 20.0 Å². The third kappa shape index (κ3) is 6.98. The molecule has 0 atom stereocenters. The summed E-state index contributed by atoms with van der Waals surface area (Å²) >= 11 is 3.89. The van der Waals surface area contributed by atoms with E-state index in [2.05, 4.69) is 40.0 Å². The van der Waals surface area contributed by atoms with E-state index in [0.29, 0.717) is 12.2 Å². The average molecular weight is 566 g/mol. The van der Waals surface area contributed by atoms with Crippen molar-refractivity contribution in [2.45, 2.75) is 16.2 Å². The van der Waals surface area contributed by atoms with E-state index >= 15 is 0 Å². The molecule has 0 saturated carbocycles. The lowest BCUT2D eigenvalue weighted by Gasteiger charge is -2.24. The molecule has 0 saturated heterocycles. The van der Waals surface area contributed by atoms with E-state index in [-0.39, 0.29) is 17.3 Å². The van der Waals surface area contributed by atoms with Crippen LogP contribution < -0.4 is 9.62 Å². The predicted octanol–water partition coefficient (Wildman–Crippen LogP) is 4.79. The molecule has 0 aliphatic rings. The van der Waals surface area contributed by atoms with E-state index in [4.69, 9.17) is 0 Å². The van der Waals surface area contributed by atoms with Crippen LogP contribution in [0.2, 0.25) is 0 Å². The Labute approximate surface area is 201 Å². The lowest BCUT2D eigenvalue weighted by Crippen LogP contribution is -2.41. The number of benzene rings is 3. The molecule has 3 rings (SSSR count). The molecule has 162 valence electrons. The Morgan fingerprint density at radius 1 is 0.903 bits per heavy atom. The first-order valence-electron chi connectivity index (χ1n) is 9.75. The Morgan fingerprint density at radius 3 is 2.16 bits per heavy atom. The van der Waals surface area contributed by atoms with Gasteiger partial charge in [-0.3, -0.25) is 9.10 Å². The van der Waals surface area contributed by atoms with Gasteiger partial charge in [-0.25, -0.2) is 8.42 Å². The summed E-state index contributed by atoms with van der Waals surface area (Å²) in [4.78, 5) is 13.9. The summed E-state index contributed by atoms with van der Waals surface area (Å²) in [6, 6.07) is 25.3. The fourth-order valence-corrected chi connectivity index (χ4v) is 5.51. The third-order valence-electron chi connectivity index (χ3n) is 4.39. The second kappa shape index (κ2) is 11.5. The number of thioether (sulfide) groups is 1. The minimum atomic E-state index is -3.87. The van der Waals surface area contributed by atoms with Crippen molar-refractivity contribution in [1.29, 1.82) is 0 Å². The van der Waals surface area contributed by atoms with E-state index in [9.17, 15) is 13.2 Å². The van der Waals surface area contributed by atoms with Gasteiger partial charge in [0.25, 0.3) is 10.0 Å². The van der Waals surface area contributed by atoms with Crippen molar-refractivity contribution >= 4 is 56.0 Å². The zero-order valence-corrected chi connectivity index (χ0v) is 20.6. The first-order valence-corrected chi connectivity index (χ1v) is 13.3. The van der Waals surface area contributed by atoms with Crippen molar-refractivity contribution in [3.63, 3.8) is 0 Å². The molecule has 3 aromatic carbocycles. The summed E-state index contributed by atoms with van der Waals surface area (Å²) in [5.41, 5.74) is 0.457. The molecular weight excluding hydrogens is 543 g/mol. The van der Waals surface area contributed by atoms with Crippen LogP contribution in [-0.2, 0) is 14.8 Å². The van der Waals surface area contributed by atoms with Gasteiger partial charge in [0.05, 0.1) is 10.6 Å². The highest BCUT2D eigenvalue weighted by molar-refractivity contribution is 14.1. The fraction of sp³-hybridized carbons (Fsp3) is 0.174. The topological polar surface area (TPSA) is 66.5 Å². The molecule has 1 N–H and O–H groups in total. The number of sulfonamides is 1. The molecule has 31 heavy (non-hydrogen) atoms. The maximum atomic E-state index is 13.2. The number of halogens is 1. The van der Waals surface area contributed by atoms with Crippen LogP contribution >= 0.6 is 34.4 Å².